The van der Waals surface area contributed by atoms with E-state index in [4.69, 9.17) is 11.6 Å². The molecule has 16 heavy (non-hydrogen) atoms. The van der Waals surface area contributed by atoms with Crippen LogP contribution in [0.15, 0.2) is 12.3 Å². The fourth-order valence-electron chi connectivity index (χ4n) is 1.72. The summed E-state index contributed by atoms with van der Waals surface area (Å²) in [5.41, 5.74) is 3.03. The zero-order chi connectivity index (χ0) is 11.1. The topological polar surface area (TPSA) is 43.6 Å². The van der Waals surface area contributed by atoms with Crippen LogP contribution in [0.5, 0.6) is 0 Å². The van der Waals surface area contributed by atoms with Gasteiger partial charge in [0.15, 0.2) is 5.82 Å². The molecule has 2 aromatic rings. The average molecular weight is 253 g/mol. The quantitative estimate of drug-likeness (QED) is 0.731. The van der Waals surface area contributed by atoms with E-state index in [1.54, 1.807) is 10.9 Å². The van der Waals surface area contributed by atoms with E-state index in [0.29, 0.717) is 11.0 Å². The number of nitrogens with zero attached hydrogens (tertiary/aromatic N) is 4. The number of hydrogen-bond donors (Lipinski definition) is 0. The predicted molar refractivity (Wildman–Crippen MR) is 64.2 cm³/mol. The highest BCUT2D eigenvalue weighted by atomic mass is 35.5. The second-order valence-corrected chi connectivity index (χ2v) is 4.94. The first-order chi connectivity index (χ1) is 7.75. The number of fused-ring (bicyclic) bond motifs is 1. The van der Waals surface area contributed by atoms with Crippen molar-refractivity contribution >= 4 is 23.4 Å². The zero-order valence-corrected chi connectivity index (χ0v) is 10.2. The third-order valence-corrected chi connectivity index (χ3v) is 3.86. The van der Waals surface area contributed by atoms with Crippen molar-refractivity contribution in [3.8, 4) is 11.5 Å². The molecule has 4 nitrogen and oxygen atoms in total. The van der Waals surface area contributed by atoms with Crippen LogP contribution in [0, 0.1) is 0 Å². The van der Waals surface area contributed by atoms with E-state index in [2.05, 4.69) is 15.1 Å². The van der Waals surface area contributed by atoms with Gasteiger partial charge in [0.2, 0.25) is 0 Å². The van der Waals surface area contributed by atoms with Gasteiger partial charge in [-0.15, -0.1) is 0 Å². The lowest BCUT2D eigenvalue weighted by Gasteiger charge is -2.05. The van der Waals surface area contributed by atoms with Gasteiger partial charge in [-0.25, -0.2) is 9.97 Å². The van der Waals surface area contributed by atoms with Gasteiger partial charge in [0, 0.05) is 30.3 Å². The Bertz CT molecular complexity index is 552. The molecule has 0 saturated carbocycles. The van der Waals surface area contributed by atoms with E-state index in [-0.39, 0.29) is 0 Å². The Morgan fingerprint density at radius 1 is 1.38 bits per heavy atom. The van der Waals surface area contributed by atoms with Gasteiger partial charge in [-0.2, -0.15) is 16.9 Å². The largest absolute Gasteiger partial charge is 0.265 e. The molecule has 3 heterocycles. The van der Waals surface area contributed by atoms with Gasteiger partial charge >= 0.3 is 0 Å². The van der Waals surface area contributed by atoms with Gasteiger partial charge in [-0.1, -0.05) is 11.6 Å². The van der Waals surface area contributed by atoms with Crippen molar-refractivity contribution in [3.05, 3.63) is 28.7 Å². The van der Waals surface area contributed by atoms with Crippen LogP contribution in [0.4, 0.5) is 0 Å². The first-order valence-corrected chi connectivity index (χ1v) is 6.40. The van der Waals surface area contributed by atoms with Crippen molar-refractivity contribution in [2.24, 2.45) is 7.05 Å². The van der Waals surface area contributed by atoms with Crippen molar-refractivity contribution in [1.29, 1.82) is 0 Å². The molecule has 0 unspecified atom stereocenters. The maximum Gasteiger partial charge on any atom is 0.179 e. The number of rotatable bonds is 1. The summed E-state index contributed by atoms with van der Waals surface area (Å²) in [5, 5.41) is 4.68. The van der Waals surface area contributed by atoms with Gasteiger partial charge in [0.05, 0.1) is 5.69 Å². The highest BCUT2D eigenvalue weighted by Gasteiger charge is 2.19. The number of aryl methyl sites for hydroxylation is 1. The number of hydrogen-bond acceptors (Lipinski definition) is 4. The van der Waals surface area contributed by atoms with E-state index >= 15 is 0 Å². The van der Waals surface area contributed by atoms with Gasteiger partial charge in [0.25, 0.3) is 0 Å². The van der Waals surface area contributed by atoms with Crippen molar-refractivity contribution in [1.82, 2.24) is 19.7 Å². The van der Waals surface area contributed by atoms with Crippen molar-refractivity contribution in [3.63, 3.8) is 0 Å². The molecule has 82 valence electrons. The molecule has 0 saturated heterocycles. The van der Waals surface area contributed by atoms with Crippen LogP contribution >= 0.6 is 23.4 Å². The molecule has 1 aliphatic heterocycles. The van der Waals surface area contributed by atoms with Crippen molar-refractivity contribution < 1.29 is 0 Å². The average Bonchev–Trinajstić information content (AvgIpc) is 2.85. The molecule has 0 radical (unpaired) electrons. The Morgan fingerprint density at radius 3 is 3.00 bits per heavy atom. The number of thioether (sulfide) groups is 1. The normalized spacial score (nSPS) is 14.1. The first kappa shape index (κ1) is 10.1. The summed E-state index contributed by atoms with van der Waals surface area (Å²) in [6.45, 7) is 0. The Labute approximate surface area is 102 Å². The fraction of sp³-hybridized carbons (Fsp3) is 0.300. The summed E-state index contributed by atoms with van der Waals surface area (Å²) in [5.74, 6) is 2.49. The molecule has 0 amide bonds. The Hall–Kier alpha value is -1.07. The molecule has 0 bridgehead atoms. The number of halogens is 1. The smallest absolute Gasteiger partial charge is 0.179 e. The number of aromatic nitrogens is 4. The summed E-state index contributed by atoms with van der Waals surface area (Å²) in [6, 6.07) is 1.89. The van der Waals surface area contributed by atoms with Crippen molar-refractivity contribution in [2.75, 3.05) is 0 Å². The summed E-state index contributed by atoms with van der Waals surface area (Å²) in [7, 11) is 1.87. The van der Waals surface area contributed by atoms with Crippen LogP contribution in [-0.2, 0) is 18.6 Å². The first-order valence-electron chi connectivity index (χ1n) is 4.87. The van der Waals surface area contributed by atoms with Crippen molar-refractivity contribution in [2.45, 2.75) is 11.5 Å². The van der Waals surface area contributed by atoms with Crippen LogP contribution in [0.1, 0.15) is 11.3 Å². The minimum Gasteiger partial charge on any atom is -0.265 e. The molecule has 2 aromatic heterocycles. The molecular formula is C10H9ClN4S. The maximum absolute atomic E-state index is 6.15. The Kier molecular flexibility index (Phi) is 2.37. The lowest BCUT2D eigenvalue weighted by atomic mass is 10.2. The molecule has 0 atom stereocenters. The van der Waals surface area contributed by atoms with Gasteiger partial charge in [-0.05, 0) is 6.07 Å². The molecule has 0 aromatic carbocycles. The van der Waals surface area contributed by atoms with E-state index in [1.165, 1.54) is 0 Å². The van der Waals surface area contributed by atoms with Crippen LogP contribution in [0.3, 0.4) is 0 Å². The molecule has 0 spiro atoms. The fourth-order valence-corrected chi connectivity index (χ4v) is 3.10. The standard InChI is InChI=1S/C10H9ClN4S/c1-15-8(2-3-12-15)10-13-7-5-16-4-6(7)9(11)14-10/h2-3H,4-5H2,1H3. The summed E-state index contributed by atoms with van der Waals surface area (Å²) in [4.78, 5) is 8.87. The molecule has 0 fully saturated rings. The van der Waals surface area contributed by atoms with E-state index < -0.39 is 0 Å². The molecule has 6 heteroatoms. The second kappa shape index (κ2) is 3.75. The molecule has 0 aliphatic carbocycles. The third-order valence-electron chi connectivity index (χ3n) is 2.58. The van der Waals surface area contributed by atoms with E-state index in [9.17, 15) is 0 Å². The van der Waals surface area contributed by atoms with E-state index in [0.717, 1.165) is 28.5 Å². The lowest BCUT2D eigenvalue weighted by molar-refractivity contribution is 0.769. The van der Waals surface area contributed by atoms with Gasteiger partial charge < -0.3 is 0 Å². The minimum absolute atomic E-state index is 0.575. The zero-order valence-electron chi connectivity index (χ0n) is 8.64. The maximum atomic E-state index is 6.15. The lowest BCUT2D eigenvalue weighted by Crippen LogP contribution is -2.01. The second-order valence-electron chi connectivity index (χ2n) is 3.60. The van der Waals surface area contributed by atoms with Gasteiger partial charge in [-0.3, -0.25) is 4.68 Å². The van der Waals surface area contributed by atoms with Gasteiger partial charge in [0.1, 0.15) is 10.8 Å². The van der Waals surface area contributed by atoms with Crippen LogP contribution in [0.2, 0.25) is 5.15 Å². The highest BCUT2D eigenvalue weighted by Crippen LogP contribution is 2.33. The van der Waals surface area contributed by atoms with Crippen LogP contribution < -0.4 is 0 Å². The summed E-state index contributed by atoms with van der Waals surface area (Å²) >= 11 is 7.97. The minimum atomic E-state index is 0.575. The van der Waals surface area contributed by atoms with E-state index in [1.807, 2.05) is 24.9 Å². The molecular weight excluding hydrogens is 244 g/mol. The predicted octanol–water partition coefficient (Wildman–Crippen LogP) is 2.28. The monoisotopic (exact) mass is 252 g/mol. The molecule has 0 N–H and O–H groups in total. The highest BCUT2D eigenvalue weighted by molar-refractivity contribution is 7.98. The molecule has 3 rings (SSSR count). The Morgan fingerprint density at radius 2 is 2.25 bits per heavy atom. The Balaban J connectivity index is 2.17. The van der Waals surface area contributed by atoms with Crippen LogP contribution in [-0.4, -0.2) is 19.7 Å². The SMILES string of the molecule is Cn1nccc1-c1nc(Cl)c2c(n1)CSC2. The third kappa shape index (κ3) is 1.51. The summed E-state index contributed by atoms with van der Waals surface area (Å²) in [6.07, 6.45) is 1.73. The summed E-state index contributed by atoms with van der Waals surface area (Å²) < 4.78 is 1.75. The van der Waals surface area contributed by atoms with Crippen LogP contribution in [0.25, 0.3) is 11.5 Å². The molecule has 1 aliphatic rings.